The van der Waals surface area contributed by atoms with Crippen LogP contribution in [0.3, 0.4) is 0 Å². The molecule has 30 heavy (non-hydrogen) atoms. The first kappa shape index (κ1) is 21.5. The smallest absolute Gasteiger partial charge is 0.255 e. The summed E-state index contributed by atoms with van der Waals surface area (Å²) in [6.07, 6.45) is 0. The number of hydrogen-bond donors (Lipinski definition) is 2. The molecular formula is C23H24N2O4S. The summed E-state index contributed by atoms with van der Waals surface area (Å²) in [7, 11) is -3.82. The third-order valence-corrected chi connectivity index (χ3v) is 6.02. The van der Waals surface area contributed by atoms with E-state index < -0.39 is 16.1 Å². The summed E-state index contributed by atoms with van der Waals surface area (Å²) < 4.78 is 34.1. The van der Waals surface area contributed by atoms with Gasteiger partial charge < -0.3 is 10.1 Å². The molecule has 156 valence electrons. The SMILES string of the molecule is CCOc1ccc(S(=O)(=O)N[C@H](C)c2ccccc2)cc1NC(=O)c1ccccc1. The Morgan fingerprint density at radius 1 is 0.967 bits per heavy atom. The number of nitrogens with one attached hydrogen (secondary N) is 2. The third kappa shape index (κ3) is 5.25. The highest BCUT2D eigenvalue weighted by molar-refractivity contribution is 7.89. The molecule has 0 bridgehead atoms. The maximum absolute atomic E-state index is 12.9. The van der Waals surface area contributed by atoms with Crippen molar-refractivity contribution in [2.45, 2.75) is 24.8 Å². The van der Waals surface area contributed by atoms with Crippen LogP contribution >= 0.6 is 0 Å². The minimum atomic E-state index is -3.82. The van der Waals surface area contributed by atoms with Crippen molar-refractivity contribution in [2.75, 3.05) is 11.9 Å². The highest BCUT2D eigenvalue weighted by Crippen LogP contribution is 2.29. The lowest BCUT2D eigenvalue weighted by Crippen LogP contribution is -2.27. The molecule has 0 radical (unpaired) electrons. The zero-order chi connectivity index (χ0) is 21.6. The van der Waals surface area contributed by atoms with Gasteiger partial charge in [-0.05, 0) is 49.7 Å². The summed E-state index contributed by atoms with van der Waals surface area (Å²) in [5.41, 5.74) is 1.61. The molecule has 0 aliphatic heterocycles. The van der Waals surface area contributed by atoms with Gasteiger partial charge in [-0.3, -0.25) is 4.79 Å². The summed E-state index contributed by atoms with van der Waals surface area (Å²) in [5.74, 6) is 0.0496. The van der Waals surface area contributed by atoms with Crippen LogP contribution in [0.4, 0.5) is 5.69 Å². The van der Waals surface area contributed by atoms with Crippen LogP contribution < -0.4 is 14.8 Å². The average molecular weight is 425 g/mol. The Balaban J connectivity index is 1.88. The Hall–Kier alpha value is -3.16. The van der Waals surface area contributed by atoms with Gasteiger partial charge in [-0.1, -0.05) is 48.5 Å². The topological polar surface area (TPSA) is 84.5 Å². The fourth-order valence-corrected chi connectivity index (χ4v) is 4.21. The van der Waals surface area contributed by atoms with Crippen LogP contribution in [-0.2, 0) is 10.0 Å². The molecule has 0 saturated heterocycles. The van der Waals surface area contributed by atoms with Gasteiger partial charge in [-0.25, -0.2) is 13.1 Å². The van der Waals surface area contributed by atoms with Gasteiger partial charge in [-0.15, -0.1) is 0 Å². The van der Waals surface area contributed by atoms with Gasteiger partial charge in [-0.2, -0.15) is 0 Å². The number of rotatable bonds is 8. The minimum absolute atomic E-state index is 0.0390. The number of carbonyl (C=O) groups is 1. The van der Waals surface area contributed by atoms with E-state index in [0.29, 0.717) is 23.6 Å². The first-order chi connectivity index (χ1) is 14.4. The minimum Gasteiger partial charge on any atom is -0.492 e. The Kier molecular flexibility index (Phi) is 6.87. The Morgan fingerprint density at radius 2 is 1.60 bits per heavy atom. The number of anilines is 1. The number of hydrogen-bond acceptors (Lipinski definition) is 4. The normalized spacial score (nSPS) is 12.2. The molecule has 2 N–H and O–H groups in total. The van der Waals surface area contributed by atoms with E-state index in [2.05, 4.69) is 10.0 Å². The van der Waals surface area contributed by atoms with Crippen LogP contribution in [0.25, 0.3) is 0 Å². The van der Waals surface area contributed by atoms with Crippen LogP contribution in [0.15, 0.2) is 83.8 Å². The first-order valence-electron chi connectivity index (χ1n) is 9.61. The largest absolute Gasteiger partial charge is 0.492 e. The van der Waals surface area contributed by atoms with Crippen LogP contribution in [-0.4, -0.2) is 20.9 Å². The maximum atomic E-state index is 12.9. The van der Waals surface area contributed by atoms with E-state index in [1.807, 2.05) is 43.3 Å². The second-order valence-electron chi connectivity index (χ2n) is 6.66. The molecule has 1 atom stereocenters. The molecule has 0 fully saturated rings. The van der Waals surface area contributed by atoms with E-state index >= 15 is 0 Å². The van der Waals surface area contributed by atoms with Gasteiger partial charge in [0.15, 0.2) is 0 Å². The molecule has 1 amide bonds. The van der Waals surface area contributed by atoms with Gasteiger partial charge in [0.25, 0.3) is 5.91 Å². The summed E-state index contributed by atoms with van der Waals surface area (Å²) in [6, 6.07) is 22.0. The summed E-state index contributed by atoms with van der Waals surface area (Å²) in [4.78, 5) is 12.6. The lowest BCUT2D eigenvalue weighted by atomic mass is 10.1. The highest BCUT2D eigenvalue weighted by Gasteiger charge is 2.21. The molecule has 6 nitrogen and oxygen atoms in total. The van der Waals surface area contributed by atoms with Gasteiger partial charge in [0, 0.05) is 11.6 Å². The lowest BCUT2D eigenvalue weighted by Gasteiger charge is -2.17. The van der Waals surface area contributed by atoms with Crippen LogP contribution in [0.5, 0.6) is 5.75 Å². The molecule has 3 aromatic carbocycles. The van der Waals surface area contributed by atoms with Crippen molar-refractivity contribution < 1.29 is 17.9 Å². The molecule has 0 aromatic heterocycles. The molecule has 0 unspecified atom stereocenters. The Morgan fingerprint density at radius 3 is 2.23 bits per heavy atom. The van der Waals surface area contributed by atoms with E-state index in [1.165, 1.54) is 12.1 Å². The molecule has 0 aliphatic carbocycles. The standard InChI is InChI=1S/C23H24N2O4S/c1-3-29-22-15-14-20(16-21(22)24-23(26)19-12-8-5-9-13-19)30(27,28)25-17(2)18-10-6-4-7-11-18/h4-17,25H,3H2,1-2H3,(H,24,26)/t17-/m1/s1. The van der Waals surface area contributed by atoms with Crippen molar-refractivity contribution in [2.24, 2.45) is 0 Å². The van der Waals surface area contributed by atoms with E-state index in [-0.39, 0.29) is 10.8 Å². The summed E-state index contributed by atoms with van der Waals surface area (Å²) in [6.45, 7) is 3.97. The van der Waals surface area contributed by atoms with Crippen molar-refractivity contribution >= 4 is 21.6 Å². The zero-order valence-electron chi connectivity index (χ0n) is 16.8. The molecule has 0 aliphatic rings. The van der Waals surface area contributed by atoms with Crippen LogP contribution in [0.2, 0.25) is 0 Å². The first-order valence-corrected chi connectivity index (χ1v) is 11.1. The number of amides is 1. The summed E-state index contributed by atoms with van der Waals surface area (Å²) >= 11 is 0. The number of carbonyl (C=O) groups excluding carboxylic acids is 1. The van der Waals surface area contributed by atoms with Gasteiger partial charge in [0.1, 0.15) is 5.75 Å². The van der Waals surface area contributed by atoms with Crippen molar-refractivity contribution in [1.29, 1.82) is 0 Å². The second-order valence-corrected chi connectivity index (χ2v) is 8.38. The van der Waals surface area contributed by atoms with Gasteiger partial charge in [0.2, 0.25) is 10.0 Å². The fraction of sp³-hybridized carbons (Fsp3) is 0.174. The lowest BCUT2D eigenvalue weighted by molar-refractivity contribution is 0.102. The Labute approximate surface area is 177 Å². The molecule has 0 heterocycles. The van der Waals surface area contributed by atoms with Gasteiger partial charge in [0.05, 0.1) is 17.2 Å². The molecule has 7 heteroatoms. The fourth-order valence-electron chi connectivity index (χ4n) is 2.95. The van der Waals surface area contributed by atoms with Gasteiger partial charge >= 0.3 is 0 Å². The van der Waals surface area contributed by atoms with Crippen LogP contribution in [0.1, 0.15) is 35.8 Å². The summed E-state index contributed by atoms with van der Waals surface area (Å²) in [5, 5.41) is 2.75. The van der Waals surface area contributed by atoms with Crippen molar-refractivity contribution in [3.8, 4) is 5.75 Å². The predicted molar refractivity (Wildman–Crippen MR) is 117 cm³/mol. The van der Waals surface area contributed by atoms with Crippen molar-refractivity contribution in [3.63, 3.8) is 0 Å². The second kappa shape index (κ2) is 9.56. The van der Waals surface area contributed by atoms with E-state index in [1.54, 1.807) is 37.3 Å². The van der Waals surface area contributed by atoms with Crippen molar-refractivity contribution in [3.05, 3.63) is 90.0 Å². The van der Waals surface area contributed by atoms with E-state index in [9.17, 15) is 13.2 Å². The van der Waals surface area contributed by atoms with Crippen molar-refractivity contribution in [1.82, 2.24) is 4.72 Å². The van der Waals surface area contributed by atoms with E-state index in [0.717, 1.165) is 5.56 Å². The van der Waals surface area contributed by atoms with Crippen LogP contribution in [0, 0.1) is 0 Å². The number of sulfonamides is 1. The Bertz CT molecular complexity index is 1100. The maximum Gasteiger partial charge on any atom is 0.255 e. The highest BCUT2D eigenvalue weighted by atomic mass is 32.2. The van der Waals surface area contributed by atoms with E-state index in [4.69, 9.17) is 4.74 Å². The number of ether oxygens (including phenoxy) is 1. The molecule has 3 aromatic rings. The number of benzene rings is 3. The molecule has 3 rings (SSSR count). The quantitative estimate of drug-likeness (QED) is 0.562. The molecule has 0 spiro atoms. The predicted octanol–water partition coefficient (Wildman–Crippen LogP) is 4.38. The zero-order valence-corrected chi connectivity index (χ0v) is 17.6. The monoisotopic (exact) mass is 424 g/mol. The average Bonchev–Trinajstić information content (AvgIpc) is 2.76. The third-order valence-electron chi connectivity index (χ3n) is 4.48. The molecule has 0 saturated carbocycles. The molecular weight excluding hydrogens is 400 g/mol.